The highest BCUT2D eigenvalue weighted by molar-refractivity contribution is 6.99. The molecule has 2 heterocycles. The fourth-order valence-corrected chi connectivity index (χ4v) is 3.88. The molecule has 0 amide bonds. The van der Waals surface area contributed by atoms with E-state index in [1.54, 1.807) is 7.11 Å². The first-order valence-corrected chi connectivity index (χ1v) is 10.2. The summed E-state index contributed by atoms with van der Waals surface area (Å²) in [6, 6.07) is 18.4. The number of rotatable bonds is 6. The van der Waals surface area contributed by atoms with Gasteiger partial charge in [0.05, 0.1) is 18.8 Å². The zero-order chi connectivity index (χ0) is 19.3. The van der Waals surface area contributed by atoms with Gasteiger partial charge in [0.1, 0.15) is 11.9 Å². The maximum Gasteiger partial charge on any atom is 0.271 e. The molecule has 4 rings (SSSR count). The van der Waals surface area contributed by atoms with Crippen molar-refractivity contribution in [2.45, 2.75) is 13.0 Å². The van der Waals surface area contributed by atoms with Crippen molar-refractivity contribution >= 4 is 23.2 Å². The second-order valence-corrected chi connectivity index (χ2v) is 7.26. The van der Waals surface area contributed by atoms with Crippen molar-refractivity contribution < 1.29 is 9.47 Å². The van der Waals surface area contributed by atoms with Crippen LogP contribution in [0, 0.1) is 0 Å². The number of ether oxygens (including phenoxy) is 2. The third-order valence-corrected chi connectivity index (χ3v) is 5.52. The van der Waals surface area contributed by atoms with Gasteiger partial charge in [-0.25, -0.2) is 0 Å². The van der Waals surface area contributed by atoms with Crippen LogP contribution in [0.4, 0.5) is 11.5 Å². The van der Waals surface area contributed by atoms with Gasteiger partial charge in [-0.05, 0) is 36.8 Å². The van der Waals surface area contributed by atoms with Crippen molar-refractivity contribution in [3.63, 3.8) is 0 Å². The van der Waals surface area contributed by atoms with E-state index in [2.05, 4.69) is 42.8 Å². The van der Waals surface area contributed by atoms with Crippen molar-refractivity contribution in [2.75, 3.05) is 43.1 Å². The molecular weight excluding hydrogens is 372 g/mol. The first kappa shape index (κ1) is 18.6. The lowest BCUT2D eigenvalue weighted by atomic mass is 10.1. The van der Waals surface area contributed by atoms with Gasteiger partial charge < -0.3 is 19.3 Å². The zero-order valence-electron chi connectivity index (χ0n) is 16.1. The van der Waals surface area contributed by atoms with Crippen LogP contribution >= 0.6 is 11.7 Å². The van der Waals surface area contributed by atoms with E-state index in [9.17, 15) is 0 Å². The molecule has 1 aromatic heterocycles. The molecule has 3 aromatic rings. The largest absolute Gasteiger partial charge is 0.497 e. The quantitative estimate of drug-likeness (QED) is 0.627. The third-order valence-electron chi connectivity index (χ3n) is 5.02. The molecule has 6 nitrogen and oxygen atoms in total. The smallest absolute Gasteiger partial charge is 0.271 e. The van der Waals surface area contributed by atoms with Gasteiger partial charge in [-0.1, -0.05) is 30.3 Å². The molecule has 0 bridgehead atoms. The molecule has 0 N–H and O–H groups in total. The lowest BCUT2D eigenvalue weighted by Crippen LogP contribution is -2.46. The summed E-state index contributed by atoms with van der Waals surface area (Å²) in [5, 5.41) is 0. The normalized spacial score (nSPS) is 15.4. The minimum Gasteiger partial charge on any atom is -0.497 e. The molecule has 1 saturated heterocycles. The van der Waals surface area contributed by atoms with Crippen LogP contribution in [-0.2, 0) is 0 Å². The van der Waals surface area contributed by atoms with Gasteiger partial charge >= 0.3 is 0 Å². The van der Waals surface area contributed by atoms with E-state index in [4.69, 9.17) is 9.47 Å². The van der Waals surface area contributed by atoms with Crippen LogP contribution in [-0.4, -0.2) is 42.0 Å². The fraction of sp³-hybridized carbons (Fsp3) is 0.333. The number of anilines is 2. The molecular formula is C21H24N4O2S. The van der Waals surface area contributed by atoms with Gasteiger partial charge in [-0.2, -0.15) is 4.37 Å². The minimum atomic E-state index is -0.0653. The lowest BCUT2D eigenvalue weighted by molar-refractivity contribution is 0.220. The van der Waals surface area contributed by atoms with E-state index >= 15 is 0 Å². The average molecular weight is 397 g/mol. The Hall–Kier alpha value is -2.80. The summed E-state index contributed by atoms with van der Waals surface area (Å²) in [4.78, 5) is 4.64. The molecule has 1 aliphatic heterocycles. The lowest BCUT2D eigenvalue weighted by Gasteiger charge is -2.36. The molecule has 1 fully saturated rings. The fourth-order valence-electron chi connectivity index (χ4n) is 3.37. The van der Waals surface area contributed by atoms with Crippen LogP contribution in [0.15, 0.2) is 54.6 Å². The number of piperazine rings is 1. The van der Waals surface area contributed by atoms with Gasteiger partial charge in [-0.15, -0.1) is 4.37 Å². The highest BCUT2D eigenvalue weighted by atomic mass is 32.1. The topological polar surface area (TPSA) is 50.7 Å². The van der Waals surface area contributed by atoms with E-state index in [1.807, 2.05) is 37.3 Å². The maximum atomic E-state index is 6.13. The standard InChI is InChI=1S/C21H24N4O2S/c1-16(17-6-4-3-5-7-17)27-21-20(22-28-23-21)25-14-12-24(13-15-25)18-8-10-19(26-2)11-9-18/h3-11,16H,12-15H2,1-2H3. The van der Waals surface area contributed by atoms with E-state index in [0.29, 0.717) is 5.88 Å². The van der Waals surface area contributed by atoms with Gasteiger partial charge in [-0.3, -0.25) is 0 Å². The van der Waals surface area contributed by atoms with E-state index in [1.165, 1.54) is 17.4 Å². The van der Waals surface area contributed by atoms with Gasteiger partial charge in [0, 0.05) is 31.9 Å². The number of benzene rings is 2. The summed E-state index contributed by atoms with van der Waals surface area (Å²) in [6.45, 7) is 5.66. The number of nitrogens with zero attached hydrogens (tertiary/aromatic N) is 4. The Morgan fingerprint density at radius 1 is 0.893 bits per heavy atom. The SMILES string of the molecule is COc1ccc(N2CCN(c3nsnc3OC(C)c3ccccc3)CC2)cc1. The molecule has 0 radical (unpaired) electrons. The van der Waals surface area contributed by atoms with Crippen LogP contribution in [0.2, 0.25) is 0 Å². The van der Waals surface area contributed by atoms with Crippen molar-refractivity contribution in [1.82, 2.24) is 8.75 Å². The summed E-state index contributed by atoms with van der Waals surface area (Å²) in [7, 11) is 1.69. The van der Waals surface area contributed by atoms with E-state index in [0.717, 1.165) is 43.3 Å². The predicted molar refractivity (Wildman–Crippen MR) is 113 cm³/mol. The minimum absolute atomic E-state index is 0.0653. The molecule has 1 unspecified atom stereocenters. The molecule has 28 heavy (non-hydrogen) atoms. The Morgan fingerprint density at radius 3 is 2.25 bits per heavy atom. The van der Waals surface area contributed by atoms with Crippen molar-refractivity contribution in [2.24, 2.45) is 0 Å². The van der Waals surface area contributed by atoms with Gasteiger partial charge in [0.2, 0.25) is 5.82 Å². The van der Waals surface area contributed by atoms with Crippen molar-refractivity contribution in [3.8, 4) is 11.6 Å². The molecule has 7 heteroatoms. The van der Waals surface area contributed by atoms with Crippen LogP contribution in [0.5, 0.6) is 11.6 Å². The van der Waals surface area contributed by atoms with Crippen molar-refractivity contribution in [3.05, 3.63) is 60.2 Å². The van der Waals surface area contributed by atoms with Crippen molar-refractivity contribution in [1.29, 1.82) is 0 Å². The zero-order valence-corrected chi connectivity index (χ0v) is 16.9. The number of hydrogen-bond donors (Lipinski definition) is 0. The molecule has 1 aliphatic rings. The second-order valence-electron chi connectivity index (χ2n) is 6.74. The molecule has 0 aliphatic carbocycles. The summed E-state index contributed by atoms with van der Waals surface area (Å²) < 4.78 is 20.3. The summed E-state index contributed by atoms with van der Waals surface area (Å²) in [6.07, 6.45) is -0.0653. The number of hydrogen-bond acceptors (Lipinski definition) is 7. The van der Waals surface area contributed by atoms with Gasteiger partial charge in [0.25, 0.3) is 5.88 Å². The van der Waals surface area contributed by atoms with Gasteiger partial charge in [0.15, 0.2) is 0 Å². The Morgan fingerprint density at radius 2 is 1.57 bits per heavy atom. The predicted octanol–water partition coefficient (Wildman–Crippen LogP) is 4.01. The monoisotopic (exact) mass is 396 g/mol. The van der Waals surface area contributed by atoms with Crippen LogP contribution in [0.1, 0.15) is 18.6 Å². The van der Waals surface area contributed by atoms with Crippen LogP contribution < -0.4 is 19.3 Å². The number of aromatic nitrogens is 2. The molecule has 0 spiro atoms. The third kappa shape index (κ3) is 4.04. The molecule has 1 atom stereocenters. The summed E-state index contributed by atoms with van der Waals surface area (Å²) in [5.74, 6) is 2.35. The first-order chi connectivity index (χ1) is 13.7. The Bertz CT molecular complexity index is 877. The first-order valence-electron chi connectivity index (χ1n) is 9.42. The Balaban J connectivity index is 1.39. The Labute approximate surface area is 169 Å². The molecule has 0 saturated carbocycles. The molecule has 146 valence electrons. The summed E-state index contributed by atoms with van der Waals surface area (Å²) in [5.41, 5.74) is 2.34. The van der Waals surface area contributed by atoms with E-state index in [-0.39, 0.29) is 6.10 Å². The highest BCUT2D eigenvalue weighted by Gasteiger charge is 2.24. The van der Waals surface area contributed by atoms with E-state index < -0.39 is 0 Å². The van der Waals surface area contributed by atoms with Crippen LogP contribution in [0.25, 0.3) is 0 Å². The Kier molecular flexibility index (Phi) is 5.62. The second kappa shape index (κ2) is 8.48. The molecule has 2 aromatic carbocycles. The number of methoxy groups -OCH3 is 1. The maximum absolute atomic E-state index is 6.13. The highest BCUT2D eigenvalue weighted by Crippen LogP contribution is 2.31. The van der Waals surface area contributed by atoms with Crippen LogP contribution in [0.3, 0.4) is 0 Å². The summed E-state index contributed by atoms with van der Waals surface area (Å²) >= 11 is 1.20. The average Bonchev–Trinajstić information content (AvgIpc) is 3.22.